The van der Waals surface area contributed by atoms with Crippen LogP contribution < -0.4 is 5.32 Å². The van der Waals surface area contributed by atoms with E-state index in [0.717, 1.165) is 25.2 Å². The van der Waals surface area contributed by atoms with Gasteiger partial charge in [0.15, 0.2) is 0 Å². The third-order valence-electron chi connectivity index (χ3n) is 2.74. The molecule has 0 aromatic carbocycles. The first-order valence-electron chi connectivity index (χ1n) is 6.59. The summed E-state index contributed by atoms with van der Waals surface area (Å²) in [6.45, 7) is 5.45. The molecule has 1 rings (SSSR count). The predicted octanol–water partition coefficient (Wildman–Crippen LogP) is 0.523. The van der Waals surface area contributed by atoms with Crippen molar-refractivity contribution < 1.29 is 9.84 Å². The Bertz CT molecular complexity index is 344. The number of rotatable bonds is 10. The van der Waals surface area contributed by atoms with Gasteiger partial charge in [0.25, 0.3) is 0 Å². The van der Waals surface area contributed by atoms with Gasteiger partial charge >= 0.3 is 0 Å². The summed E-state index contributed by atoms with van der Waals surface area (Å²) in [5, 5.41) is 12.9. The molecule has 1 aromatic rings. The summed E-state index contributed by atoms with van der Waals surface area (Å²) in [5.41, 5.74) is 2.94. The molecule has 0 amide bonds. The van der Waals surface area contributed by atoms with Crippen LogP contribution >= 0.6 is 11.3 Å². The van der Waals surface area contributed by atoms with E-state index in [1.807, 2.05) is 26.5 Å². The molecule has 1 atom stereocenters. The van der Waals surface area contributed by atoms with Gasteiger partial charge in [-0.1, -0.05) is 0 Å². The Morgan fingerprint density at radius 1 is 1.53 bits per heavy atom. The third kappa shape index (κ3) is 7.59. The number of likely N-dealkylation sites (N-methyl/N-ethyl adjacent to an activating group) is 1. The fraction of sp³-hybridized carbons (Fsp3) is 0.769. The Kier molecular flexibility index (Phi) is 8.16. The van der Waals surface area contributed by atoms with Gasteiger partial charge in [-0.2, -0.15) is 0 Å². The summed E-state index contributed by atoms with van der Waals surface area (Å²) in [4.78, 5) is 7.56. The molecule has 0 fully saturated rings. The summed E-state index contributed by atoms with van der Waals surface area (Å²) in [7, 11) is 4.06. The summed E-state index contributed by atoms with van der Waals surface area (Å²) < 4.78 is 5.48. The van der Waals surface area contributed by atoms with Gasteiger partial charge in [0.05, 0.1) is 30.5 Å². The van der Waals surface area contributed by atoms with Crippen molar-refractivity contribution in [3.05, 3.63) is 16.1 Å². The van der Waals surface area contributed by atoms with Gasteiger partial charge in [-0.05, 0) is 21.0 Å². The molecule has 1 aromatic heterocycles. The Labute approximate surface area is 119 Å². The highest BCUT2D eigenvalue weighted by atomic mass is 32.1. The topological polar surface area (TPSA) is 57.6 Å². The summed E-state index contributed by atoms with van der Waals surface area (Å²) in [6, 6.07) is 0. The minimum Gasteiger partial charge on any atom is -0.389 e. The van der Waals surface area contributed by atoms with Crippen LogP contribution in [0.25, 0.3) is 0 Å². The van der Waals surface area contributed by atoms with Gasteiger partial charge < -0.3 is 20.1 Å². The molecular weight excluding hydrogens is 262 g/mol. The van der Waals surface area contributed by atoms with Gasteiger partial charge in [0.2, 0.25) is 0 Å². The zero-order valence-corrected chi connectivity index (χ0v) is 12.9. The van der Waals surface area contributed by atoms with E-state index in [-0.39, 0.29) is 0 Å². The van der Waals surface area contributed by atoms with E-state index >= 15 is 0 Å². The summed E-state index contributed by atoms with van der Waals surface area (Å²) in [5.74, 6) is 0. The molecule has 2 N–H and O–H groups in total. The SMILES string of the molecule is Cc1ncsc1CCOCC(O)CNCCN(C)C. The lowest BCUT2D eigenvalue weighted by Crippen LogP contribution is -2.34. The van der Waals surface area contributed by atoms with Gasteiger partial charge in [-0.15, -0.1) is 11.3 Å². The smallest absolute Gasteiger partial charge is 0.0897 e. The molecule has 1 heterocycles. The first-order valence-corrected chi connectivity index (χ1v) is 7.47. The number of aliphatic hydroxyl groups excluding tert-OH is 1. The second-order valence-corrected chi connectivity index (χ2v) is 5.79. The Morgan fingerprint density at radius 3 is 2.95 bits per heavy atom. The largest absolute Gasteiger partial charge is 0.389 e. The third-order valence-corrected chi connectivity index (χ3v) is 3.74. The highest BCUT2D eigenvalue weighted by molar-refractivity contribution is 7.09. The van der Waals surface area contributed by atoms with Crippen molar-refractivity contribution in [3.63, 3.8) is 0 Å². The van der Waals surface area contributed by atoms with Crippen molar-refractivity contribution in [1.82, 2.24) is 15.2 Å². The van der Waals surface area contributed by atoms with E-state index in [4.69, 9.17) is 4.74 Å². The number of nitrogens with zero attached hydrogens (tertiary/aromatic N) is 2. The molecule has 110 valence electrons. The number of aryl methyl sites for hydroxylation is 1. The summed E-state index contributed by atoms with van der Waals surface area (Å²) >= 11 is 1.66. The monoisotopic (exact) mass is 287 g/mol. The average molecular weight is 287 g/mol. The Balaban J connectivity index is 1.98. The first kappa shape index (κ1) is 16.5. The minimum absolute atomic E-state index is 0.382. The molecule has 6 heteroatoms. The van der Waals surface area contributed by atoms with Crippen LogP contribution in [0.4, 0.5) is 0 Å². The standard InChI is InChI=1S/C13H25N3O2S/c1-11-13(19-10-15-11)4-7-18-9-12(17)8-14-5-6-16(2)3/h10,12,14,17H,4-9H2,1-3H3. The van der Waals surface area contributed by atoms with Crippen molar-refractivity contribution in [1.29, 1.82) is 0 Å². The molecule has 0 radical (unpaired) electrons. The molecule has 0 spiro atoms. The number of thiazole rings is 1. The number of ether oxygens (including phenoxy) is 1. The number of hydrogen-bond acceptors (Lipinski definition) is 6. The van der Waals surface area contributed by atoms with Gasteiger partial charge in [-0.25, -0.2) is 4.98 Å². The van der Waals surface area contributed by atoms with Crippen LogP contribution in [-0.2, 0) is 11.2 Å². The Morgan fingerprint density at radius 2 is 2.32 bits per heavy atom. The van der Waals surface area contributed by atoms with Crippen LogP contribution in [0.1, 0.15) is 10.6 Å². The second kappa shape index (κ2) is 9.39. The van der Waals surface area contributed by atoms with Gasteiger partial charge in [0, 0.05) is 30.9 Å². The van der Waals surface area contributed by atoms with Crippen LogP contribution in [0.2, 0.25) is 0 Å². The minimum atomic E-state index is -0.440. The number of nitrogens with one attached hydrogen (secondary N) is 1. The molecular formula is C13H25N3O2S. The van der Waals surface area contributed by atoms with E-state index in [2.05, 4.69) is 15.2 Å². The number of aliphatic hydroxyl groups is 1. The average Bonchev–Trinajstić information content (AvgIpc) is 2.76. The maximum absolute atomic E-state index is 9.72. The van der Waals surface area contributed by atoms with Crippen LogP contribution in [0.3, 0.4) is 0 Å². The van der Waals surface area contributed by atoms with E-state index in [1.165, 1.54) is 4.88 Å². The van der Waals surface area contributed by atoms with E-state index < -0.39 is 6.10 Å². The maximum Gasteiger partial charge on any atom is 0.0897 e. The van der Waals surface area contributed by atoms with Crippen LogP contribution in [0.15, 0.2) is 5.51 Å². The van der Waals surface area contributed by atoms with Crippen LogP contribution in [0.5, 0.6) is 0 Å². The molecule has 0 aliphatic heterocycles. The van der Waals surface area contributed by atoms with E-state index in [9.17, 15) is 5.11 Å². The maximum atomic E-state index is 9.72. The normalized spacial score (nSPS) is 13.1. The van der Waals surface area contributed by atoms with Crippen LogP contribution in [-0.4, -0.2) is 68.0 Å². The molecule has 0 saturated heterocycles. The van der Waals surface area contributed by atoms with Crippen LogP contribution in [0, 0.1) is 6.92 Å². The molecule has 0 bridgehead atoms. The molecule has 0 aliphatic rings. The van der Waals surface area contributed by atoms with Crippen molar-refractivity contribution in [2.75, 3.05) is 46.9 Å². The Hall–Kier alpha value is -0.530. The highest BCUT2D eigenvalue weighted by Crippen LogP contribution is 2.12. The molecule has 0 saturated carbocycles. The molecule has 5 nitrogen and oxygen atoms in total. The quantitative estimate of drug-likeness (QED) is 0.615. The lowest BCUT2D eigenvalue weighted by atomic mass is 10.3. The second-order valence-electron chi connectivity index (χ2n) is 4.85. The van der Waals surface area contributed by atoms with E-state index in [0.29, 0.717) is 19.8 Å². The summed E-state index contributed by atoms with van der Waals surface area (Å²) in [6.07, 6.45) is 0.432. The number of hydrogen-bond donors (Lipinski definition) is 2. The molecule has 1 unspecified atom stereocenters. The fourth-order valence-electron chi connectivity index (χ4n) is 1.58. The highest BCUT2D eigenvalue weighted by Gasteiger charge is 2.05. The van der Waals surface area contributed by atoms with Crippen molar-refractivity contribution in [2.24, 2.45) is 0 Å². The first-order chi connectivity index (χ1) is 9.09. The number of aromatic nitrogens is 1. The van der Waals surface area contributed by atoms with Crippen molar-refractivity contribution in [3.8, 4) is 0 Å². The zero-order valence-electron chi connectivity index (χ0n) is 12.1. The lowest BCUT2D eigenvalue weighted by Gasteiger charge is -2.14. The van der Waals surface area contributed by atoms with Gasteiger partial charge in [-0.3, -0.25) is 0 Å². The lowest BCUT2D eigenvalue weighted by molar-refractivity contribution is 0.0384. The molecule has 0 aliphatic carbocycles. The predicted molar refractivity (Wildman–Crippen MR) is 78.8 cm³/mol. The van der Waals surface area contributed by atoms with Gasteiger partial charge in [0.1, 0.15) is 0 Å². The van der Waals surface area contributed by atoms with Crippen molar-refractivity contribution in [2.45, 2.75) is 19.4 Å². The zero-order chi connectivity index (χ0) is 14.1. The fourth-order valence-corrected chi connectivity index (χ4v) is 2.34. The molecule has 19 heavy (non-hydrogen) atoms. The van der Waals surface area contributed by atoms with E-state index in [1.54, 1.807) is 11.3 Å². The van der Waals surface area contributed by atoms with Crippen molar-refractivity contribution >= 4 is 11.3 Å².